The molecule has 2 amide bonds. The molecule has 0 saturated carbocycles. The van der Waals surface area contributed by atoms with Crippen molar-refractivity contribution in [1.82, 2.24) is 10.6 Å². The van der Waals surface area contributed by atoms with Crippen LogP contribution in [0.1, 0.15) is 34.3 Å². The lowest BCUT2D eigenvalue weighted by molar-refractivity contribution is -0.122. The summed E-state index contributed by atoms with van der Waals surface area (Å²) >= 11 is 0. The molecular weight excluding hydrogens is 462 g/mol. The molecule has 6 nitrogen and oxygen atoms in total. The SMILES string of the molecule is CC(N)=C1C(=Nc2ccccc2)NC(=O)[C@@H](NC(=O)c2cc(C)cc(F)c2)[C@H]1c1ccc(P)cc1. The molecule has 1 unspecified atom stereocenters. The van der Waals surface area contributed by atoms with Crippen molar-refractivity contribution >= 4 is 37.9 Å². The van der Waals surface area contributed by atoms with E-state index in [9.17, 15) is 14.0 Å². The summed E-state index contributed by atoms with van der Waals surface area (Å²) in [5.41, 5.74) is 9.57. The first kappa shape index (κ1) is 24.3. The second-order valence-corrected chi connectivity index (χ2v) is 9.16. The van der Waals surface area contributed by atoms with Gasteiger partial charge in [-0.2, -0.15) is 0 Å². The van der Waals surface area contributed by atoms with Crippen LogP contribution >= 0.6 is 9.24 Å². The van der Waals surface area contributed by atoms with Crippen LogP contribution in [0, 0.1) is 12.7 Å². The third-order valence-corrected chi connectivity index (χ3v) is 6.12. The molecule has 3 aromatic rings. The van der Waals surface area contributed by atoms with Gasteiger partial charge in [0, 0.05) is 22.8 Å². The number of rotatable bonds is 4. The molecule has 0 spiro atoms. The van der Waals surface area contributed by atoms with E-state index in [1.807, 2.05) is 54.6 Å². The molecule has 0 aliphatic carbocycles. The monoisotopic (exact) mass is 488 g/mol. The highest BCUT2D eigenvalue weighted by atomic mass is 31.0. The number of piperidine rings is 1. The lowest BCUT2D eigenvalue weighted by atomic mass is 9.79. The van der Waals surface area contributed by atoms with Gasteiger partial charge in [-0.25, -0.2) is 9.38 Å². The Morgan fingerprint density at radius 2 is 1.77 bits per heavy atom. The van der Waals surface area contributed by atoms with Crippen molar-refractivity contribution in [2.24, 2.45) is 10.7 Å². The first-order valence-corrected chi connectivity index (χ1v) is 11.7. The zero-order valence-electron chi connectivity index (χ0n) is 19.4. The maximum Gasteiger partial charge on any atom is 0.252 e. The third-order valence-electron chi connectivity index (χ3n) is 5.73. The highest BCUT2D eigenvalue weighted by Crippen LogP contribution is 2.34. The van der Waals surface area contributed by atoms with Gasteiger partial charge < -0.3 is 16.4 Å². The summed E-state index contributed by atoms with van der Waals surface area (Å²) in [6.07, 6.45) is 0. The minimum Gasteiger partial charge on any atom is -0.402 e. The van der Waals surface area contributed by atoms with Crippen molar-refractivity contribution in [1.29, 1.82) is 0 Å². The second kappa shape index (κ2) is 10.2. The van der Waals surface area contributed by atoms with Crippen molar-refractivity contribution in [3.8, 4) is 0 Å². The van der Waals surface area contributed by atoms with Crippen molar-refractivity contribution in [3.63, 3.8) is 0 Å². The fourth-order valence-electron chi connectivity index (χ4n) is 4.18. The van der Waals surface area contributed by atoms with Crippen molar-refractivity contribution in [2.45, 2.75) is 25.8 Å². The number of allylic oxidation sites excluding steroid dienone is 1. The summed E-state index contributed by atoms with van der Waals surface area (Å²) in [6.45, 7) is 3.43. The van der Waals surface area contributed by atoms with Gasteiger partial charge in [0.25, 0.3) is 5.91 Å². The van der Waals surface area contributed by atoms with E-state index in [1.165, 1.54) is 6.07 Å². The Kier molecular flexibility index (Phi) is 7.08. The number of nitrogens with two attached hydrogens (primary N) is 1. The molecule has 1 aliphatic rings. The first-order chi connectivity index (χ1) is 16.7. The molecule has 0 radical (unpaired) electrons. The Morgan fingerprint density at radius 3 is 2.40 bits per heavy atom. The van der Waals surface area contributed by atoms with Gasteiger partial charge in [-0.1, -0.05) is 42.5 Å². The quantitative estimate of drug-likeness (QED) is 0.490. The van der Waals surface area contributed by atoms with Gasteiger partial charge in [0.1, 0.15) is 17.7 Å². The molecule has 0 bridgehead atoms. The number of hydrogen-bond acceptors (Lipinski definition) is 4. The largest absolute Gasteiger partial charge is 0.402 e. The Hall–Kier alpha value is -3.83. The average molecular weight is 489 g/mol. The zero-order valence-corrected chi connectivity index (χ0v) is 20.5. The number of aryl methyl sites for hydroxylation is 1. The smallest absolute Gasteiger partial charge is 0.252 e. The number of amidine groups is 1. The Balaban J connectivity index is 1.80. The maximum absolute atomic E-state index is 13.9. The highest BCUT2D eigenvalue weighted by Gasteiger charge is 2.41. The number of amides is 2. The van der Waals surface area contributed by atoms with E-state index in [2.05, 4.69) is 24.9 Å². The van der Waals surface area contributed by atoms with E-state index in [-0.39, 0.29) is 5.56 Å². The summed E-state index contributed by atoms with van der Waals surface area (Å²) in [4.78, 5) is 31.1. The van der Waals surface area contributed by atoms with Gasteiger partial charge >= 0.3 is 0 Å². The first-order valence-electron chi connectivity index (χ1n) is 11.1. The van der Waals surface area contributed by atoms with E-state index < -0.39 is 29.6 Å². The van der Waals surface area contributed by atoms with Crippen LogP contribution in [0.25, 0.3) is 0 Å². The van der Waals surface area contributed by atoms with Crippen molar-refractivity contribution in [3.05, 3.63) is 107 Å². The summed E-state index contributed by atoms with van der Waals surface area (Å²) in [5.74, 6) is -1.80. The molecule has 0 aromatic heterocycles. The lowest BCUT2D eigenvalue weighted by Crippen LogP contribution is -2.57. The predicted molar refractivity (Wildman–Crippen MR) is 139 cm³/mol. The van der Waals surface area contributed by atoms with E-state index in [0.29, 0.717) is 28.4 Å². The van der Waals surface area contributed by atoms with Crippen LogP contribution in [-0.2, 0) is 4.79 Å². The molecule has 3 aromatic carbocycles. The molecule has 1 heterocycles. The number of carbonyl (C=O) groups excluding carboxylic acids is 2. The molecule has 1 aliphatic heterocycles. The summed E-state index contributed by atoms with van der Waals surface area (Å²) in [6, 6.07) is 19.9. The molecule has 35 heavy (non-hydrogen) atoms. The van der Waals surface area contributed by atoms with Crippen LogP contribution in [0.15, 0.2) is 89.1 Å². The van der Waals surface area contributed by atoms with Gasteiger partial charge in [0.15, 0.2) is 0 Å². The minimum atomic E-state index is -0.996. The number of para-hydroxylation sites is 1. The summed E-state index contributed by atoms with van der Waals surface area (Å²) in [5, 5.41) is 6.59. The molecule has 178 valence electrons. The van der Waals surface area contributed by atoms with Gasteiger partial charge in [-0.15, -0.1) is 9.24 Å². The molecule has 1 saturated heterocycles. The van der Waals surface area contributed by atoms with Gasteiger partial charge in [-0.3, -0.25) is 9.59 Å². The number of hydrogen-bond donors (Lipinski definition) is 3. The lowest BCUT2D eigenvalue weighted by Gasteiger charge is -2.35. The van der Waals surface area contributed by atoms with E-state index in [4.69, 9.17) is 5.73 Å². The van der Waals surface area contributed by atoms with Crippen LogP contribution in [0.3, 0.4) is 0 Å². The molecule has 8 heteroatoms. The standard InChI is InChI=1S/C27H26FN4O2P/c1-15-12-18(14-19(28)13-15)26(33)31-24-23(17-8-10-21(35)11-9-17)22(16(2)29)25(32-27(24)34)30-20-6-4-3-5-7-20/h3-14,23-24H,29,35H2,1-2H3,(H,31,33)(H,30,32,34)/t23-,24-/m0/s1. The summed E-state index contributed by atoms with van der Waals surface area (Å²) < 4.78 is 13.9. The van der Waals surface area contributed by atoms with E-state index in [1.54, 1.807) is 19.9 Å². The molecule has 4 rings (SSSR count). The van der Waals surface area contributed by atoms with Gasteiger partial charge in [-0.05, 0) is 60.6 Å². The topological polar surface area (TPSA) is 96.6 Å². The molecule has 4 N–H and O–H groups in total. The Labute approximate surface area is 205 Å². The Morgan fingerprint density at radius 1 is 1.09 bits per heavy atom. The van der Waals surface area contributed by atoms with E-state index >= 15 is 0 Å². The molecule has 3 atom stereocenters. The predicted octanol–water partition coefficient (Wildman–Crippen LogP) is 3.61. The number of nitrogens with zero attached hydrogens (tertiary/aromatic N) is 1. The van der Waals surface area contributed by atoms with Crippen molar-refractivity contribution in [2.75, 3.05) is 0 Å². The van der Waals surface area contributed by atoms with Crippen LogP contribution in [0.2, 0.25) is 0 Å². The second-order valence-electron chi connectivity index (χ2n) is 8.49. The minimum absolute atomic E-state index is 0.133. The number of nitrogens with one attached hydrogen (secondary N) is 2. The fraction of sp³-hybridized carbons (Fsp3) is 0.148. The average Bonchev–Trinajstić information content (AvgIpc) is 2.81. The van der Waals surface area contributed by atoms with E-state index in [0.717, 1.165) is 16.9 Å². The third kappa shape index (κ3) is 5.47. The van der Waals surface area contributed by atoms with Gasteiger partial charge in [0.2, 0.25) is 5.91 Å². The van der Waals surface area contributed by atoms with Gasteiger partial charge in [0.05, 0.1) is 5.69 Å². The molecule has 1 fully saturated rings. The van der Waals surface area contributed by atoms with Crippen LogP contribution in [0.4, 0.5) is 10.1 Å². The maximum atomic E-state index is 13.9. The van der Waals surface area contributed by atoms with Crippen LogP contribution in [0.5, 0.6) is 0 Å². The van der Waals surface area contributed by atoms with Crippen molar-refractivity contribution < 1.29 is 14.0 Å². The number of carbonyl (C=O) groups is 2. The van der Waals surface area contributed by atoms with Crippen LogP contribution < -0.4 is 21.7 Å². The van der Waals surface area contributed by atoms with Crippen LogP contribution in [-0.4, -0.2) is 23.7 Å². The summed E-state index contributed by atoms with van der Waals surface area (Å²) in [7, 11) is 2.62. The normalized spacial score (nSPS) is 20.3. The number of benzene rings is 3. The zero-order chi connectivity index (χ0) is 25.1. The molecular formula is C27H26FN4O2P. The highest BCUT2D eigenvalue weighted by molar-refractivity contribution is 7.27. The fourth-order valence-corrected chi connectivity index (χ4v) is 4.37. The Bertz CT molecular complexity index is 1310. The number of aliphatic imine (C=N–C) groups is 1. The number of halogens is 1.